The first-order valence-electron chi connectivity index (χ1n) is 18.6. The highest BCUT2D eigenvalue weighted by atomic mass is 35.5. The first-order valence-corrected chi connectivity index (χ1v) is 19.0. The number of halogens is 3. The maximum absolute atomic E-state index is 15.4. The highest BCUT2D eigenvalue weighted by Crippen LogP contribution is 2.38. The number of methoxy groups -OCH3 is 3. The molecular weight excluding hydrogens is 814 g/mol. The van der Waals surface area contributed by atoms with Gasteiger partial charge in [0.25, 0.3) is 5.91 Å². The molecule has 0 spiro atoms. The van der Waals surface area contributed by atoms with Crippen molar-refractivity contribution in [2.75, 3.05) is 35.1 Å². The molecule has 13 nitrogen and oxygen atoms in total. The second kappa shape index (κ2) is 21.3. The van der Waals surface area contributed by atoms with E-state index in [1.54, 1.807) is 98.1 Å². The Hall–Kier alpha value is -6.97. The van der Waals surface area contributed by atoms with Crippen molar-refractivity contribution in [2.45, 2.75) is 25.2 Å². The van der Waals surface area contributed by atoms with Crippen molar-refractivity contribution in [1.29, 1.82) is 0 Å². The fourth-order valence-corrected chi connectivity index (χ4v) is 6.40. The lowest BCUT2D eigenvalue weighted by Crippen LogP contribution is -2.45. The summed E-state index contributed by atoms with van der Waals surface area (Å²) in [5, 5.41) is 3.33. The largest absolute Gasteiger partial charge is 0.497 e. The number of ether oxygens (including phenoxy) is 7. The van der Waals surface area contributed by atoms with Gasteiger partial charge in [0.2, 0.25) is 18.6 Å². The number of hydrogen-bond donors (Lipinski definition) is 1. The van der Waals surface area contributed by atoms with Gasteiger partial charge in [0, 0.05) is 46.8 Å². The number of amides is 2. The summed E-state index contributed by atoms with van der Waals surface area (Å²) in [7, 11) is 4.49. The Morgan fingerprint density at radius 2 is 1.34 bits per heavy atom. The van der Waals surface area contributed by atoms with Gasteiger partial charge in [-0.1, -0.05) is 17.7 Å². The first-order chi connectivity index (χ1) is 29.7. The molecule has 316 valence electrons. The molecular formula is C45H41ClF2N4O9. The summed E-state index contributed by atoms with van der Waals surface area (Å²) in [6.45, 7) is -3.03. The quantitative estimate of drug-likeness (QED) is 0.0787. The molecule has 6 aromatic rings. The number of carbonyl (C=O) groups excluding carboxylic acids is 2. The van der Waals surface area contributed by atoms with E-state index in [9.17, 15) is 13.6 Å². The Morgan fingerprint density at radius 3 is 2.00 bits per heavy atom. The Kier molecular flexibility index (Phi) is 15.3. The van der Waals surface area contributed by atoms with Crippen molar-refractivity contribution < 1.29 is 51.5 Å². The molecule has 0 aliphatic heterocycles. The van der Waals surface area contributed by atoms with Gasteiger partial charge in [0.1, 0.15) is 46.3 Å². The molecule has 2 aromatic heterocycles. The summed E-state index contributed by atoms with van der Waals surface area (Å²) in [5.41, 5.74) is 1.11. The molecule has 0 aliphatic carbocycles. The van der Waals surface area contributed by atoms with Gasteiger partial charge in [0.15, 0.2) is 13.0 Å². The lowest BCUT2D eigenvalue weighted by molar-refractivity contribution is -0.154. The van der Waals surface area contributed by atoms with Crippen molar-refractivity contribution in [2.24, 2.45) is 0 Å². The summed E-state index contributed by atoms with van der Waals surface area (Å²) in [6, 6.07) is 27.7. The SMILES string of the molecule is COc1ccc(Oc2ccc(OC)cc2CN(C(=O)C(OCF)c2cccnc2Oc2ccc(Cl)cc2)C(C(=O)NCc2cc(OC)ccc2OCF)c2cccnc2)cc1. The van der Waals surface area contributed by atoms with Crippen LogP contribution in [-0.4, -0.2) is 61.7 Å². The van der Waals surface area contributed by atoms with Crippen molar-refractivity contribution in [3.63, 3.8) is 0 Å². The van der Waals surface area contributed by atoms with E-state index >= 15 is 4.79 Å². The third kappa shape index (κ3) is 11.2. The zero-order valence-electron chi connectivity index (χ0n) is 33.3. The third-order valence-electron chi connectivity index (χ3n) is 9.23. The fraction of sp³-hybridized carbons (Fsp3) is 0.200. The lowest BCUT2D eigenvalue weighted by atomic mass is 10.0. The maximum atomic E-state index is 15.4. The summed E-state index contributed by atoms with van der Waals surface area (Å²) in [4.78, 5) is 40.0. The molecule has 6 rings (SSSR count). The molecule has 61 heavy (non-hydrogen) atoms. The van der Waals surface area contributed by atoms with E-state index in [1.165, 1.54) is 55.9 Å². The van der Waals surface area contributed by atoms with Gasteiger partial charge >= 0.3 is 0 Å². The van der Waals surface area contributed by atoms with E-state index < -0.39 is 37.7 Å². The van der Waals surface area contributed by atoms with Gasteiger partial charge < -0.3 is 43.4 Å². The van der Waals surface area contributed by atoms with Crippen LogP contribution in [0, 0.1) is 0 Å². The topological polar surface area (TPSA) is 140 Å². The average molecular weight is 855 g/mol. The van der Waals surface area contributed by atoms with Gasteiger partial charge in [-0.15, -0.1) is 0 Å². The van der Waals surface area contributed by atoms with E-state index in [0.717, 1.165) is 0 Å². The van der Waals surface area contributed by atoms with Crippen LogP contribution in [0.2, 0.25) is 5.02 Å². The van der Waals surface area contributed by atoms with E-state index in [-0.39, 0.29) is 35.8 Å². The van der Waals surface area contributed by atoms with Crippen LogP contribution in [0.3, 0.4) is 0 Å². The van der Waals surface area contributed by atoms with Gasteiger partial charge in [-0.2, -0.15) is 0 Å². The molecule has 2 heterocycles. The molecule has 0 saturated carbocycles. The highest BCUT2D eigenvalue weighted by molar-refractivity contribution is 6.30. The molecule has 0 bridgehead atoms. The maximum Gasteiger partial charge on any atom is 0.257 e. The molecule has 1 N–H and O–H groups in total. The monoisotopic (exact) mass is 854 g/mol. The highest BCUT2D eigenvalue weighted by Gasteiger charge is 2.39. The predicted molar refractivity (Wildman–Crippen MR) is 221 cm³/mol. The lowest BCUT2D eigenvalue weighted by Gasteiger charge is -2.34. The minimum Gasteiger partial charge on any atom is -0.497 e. The van der Waals surface area contributed by atoms with Crippen LogP contribution in [0.25, 0.3) is 0 Å². The summed E-state index contributed by atoms with van der Waals surface area (Å²) >= 11 is 6.10. The zero-order chi connectivity index (χ0) is 43.1. The van der Waals surface area contributed by atoms with Crippen LogP contribution in [0.5, 0.6) is 46.1 Å². The number of nitrogens with zero attached hydrogens (tertiary/aromatic N) is 3. The number of pyridine rings is 2. The Bertz CT molecular complexity index is 2380. The van der Waals surface area contributed by atoms with Gasteiger partial charge in [-0.05, 0) is 103 Å². The Balaban J connectivity index is 1.47. The average Bonchev–Trinajstić information content (AvgIpc) is 3.29. The first kappa shape index (κ1) is 43.6. The molecule has 0 fully saturated rings. The number of aromatic nitrogens is 2. The van der Waals surface area contributed by atoms with Crippen molar-refractivity contribution in [3.05, 3.63) is 155 Å². The van der Waals surface area contributed by atoms with E-state index in [1.807, 2.05) is 0 Å². The van der Waals surface area contributed by atoms with E-state index in [0.29, 0.717) is 50.6 Å². The second-order valence-corrected chi connectivity index (χ2v) is 13.4. The molecule has 0 saturated heterocycles. The predicted octanol–water partition coefficient (Wildman–Crippen LogP) is 9.12. The summed E-state index contributed by atoms with van der Waals surface area (Å²) < 4.78 is 67.4. The number of alkyl halides is 2. The number of benzene rings is 4. The van der Waals surface area contributed by atoms with Crippen molar-refractivity contribution in [1.82, 2.24) is 20.2 Å². The van der Waals surface area contributed by atoms with Crippen LogP contribution >= 0.6 is 11.6 Å². The Labute approximate surface area is 355 Å². The van der Waals surface area contributed by atoms with Crippen LogP contribution in [0.15, 0.2) is 128 Å². The molecule has 0 radical (unpaired) electrons. The van der Waals surface area contributed by atoms with Crippen LogP contribution < -0.4 is 33.7 Å². The van der Waals surface area contributed by atoms with Crippen molar-refractivity contribution in [3.8, 4) is 46.1 Å². The van der Waals surface area contributed by atoms with Crippen LogP contribution in [0.1, 0.15) is 34.4 Å². The third-order valence-corrected chi connectivity index (χ3v) is 9.49. The molecule has 2 amide bonds. The van der Waals surface area contributed by atoms with E-state index in [2.05, 4.69) is 15.3 Å². The molecule has 2 unspecified atom stereocenters. The normalized spacial score (nSPS) is 11.8. The standard InChI is InChI=1S/C45H41ClF2N4O9/c1-55-33-12-14-34(15-13-33)60-40-19-17-37(57-3)23-31(40)26-52(45(54)42(59-28-48)38-7-5-21-50-44(38)61-35-10-8-32(46)9-11-35)41(29-6-4-20-49-24-29)43(53)51-25-30-22-36(56-2)16-18-39(30)58-27-47/h4-24,41-42H,25-28H2,1-3H3,(H,51,53). The smallest absolute Gasteiger partial charge is 0.257 e. The molecule has 2 atom stereocenters. The van der Waals surface area contributed by atoms with Gasteiger partial charge in [-0.3, -0.25) is 14.6 Å². The second-order valence-electron chi connectivity index (χ2n) is 13.0. The number of nitrogens with one attached hydrogen (secondary N) is 1. The minimum absolute atomic E-state index is 0.0557. The summed E-state index contributed by atoms with van der Waals surface area (Å²) in [5.74, 6) is 1.04. The molecule has 0 aliphatic rings. The minimum atomic E-state index is -1.72. The van der Waals surface area contributed by atoms with Crippen LogP contribution in [-0.2, 0) is 27.4 Å². The number of carbonyl (C=O) groups is 2. The van der Waals surface area contributed by atoms with Gasteiger partial charge in [0.05, 0.1) is 33.4 Å². The van der Waals surface area contributed by atoms with Crippen molar-refractivity contribution >= 4 is 23.4 Å². The number of rotatable bonds is 20. The summed E-state index contributed by atoms with van der Waals surface area (Å²) in [6.07, 6.45) is 2.66. The number of hydrogen-bond acceptors (Lipinski definition) is 11. The molecule has 16 heteroatoms. The van der Waals surface area contributed by atoms with Gasteiger partial charge in [-0.25, -0.2) is 13.8 Å². The fourth-order valence-electron chi connectivity index (χ4n) is 6.28. The Morgan fingerprint density at radius 1 is 0.721 bits per heavy atom. The van der Waals surface area contributed by atoms with E-state index in [4.69, 9.17) is 44.8 Å². The zero-order valence-corrected chi connectivity index (χ0v) is 34.0. The molecule has 4 aromatic carbocycles. The van der Waals surface area contributed by atoms with Crippen LogP contribution in [0.4, 0.5) is 8.78 Å².